The van der Waals surface area contributed by atoms with Crippen molar-refractivity contribution in [3.8, 4) is 11.5 Å². The minimum absolute atomic E-state index is 0.0327. The molecule has 0 aromatic heterocycles. The number of rotatable bonds is 5. The van der Waals surface area contributed by atoms with Crippen LogP contribution >= 0.6 is 15.9 Å². The number of nitrogens with one attached hydrogen (secondary N) is 2. The van der Waals surface area contributed by atoms with Crippen molar-refractivity contribution in [2.75, 3.05) is 33.1 Å². The second-order valence-electron chi connectivity index (χ2n) is 8.79. The van der Waals surface area contributed by atoms with Crippen molar-refractivity contribution in [1.82, 2.24) is 10.2 Å². The lowest BCUT2D eigenvalue weighted by atomic mass is 9.65. The number of hydrogen-bond acceptors (Lipinski definition) is 4. The number of fused-ring (bicyclic) bond motifs is 1. The fourth-order valence-electron chi connectivity index (χ4n) is 5.39. The number of likely N-dealkylation sites (tertiary alicyclic amines) is 1. The Morgan fingerprint density at radius 2 is 1.91 bits per heavy atom. The molecule has 2 fully saturated rings. The third-order valence-electron chi connectivity index (χ3n) is 7.07. The van der Waals surface area contributed by atoms with Gasteiger partial charge in [0.05, 0.1) is 19.9 Å². The lowest BCUT2D eigenvalue weighted by molar-refractivity contribution is 0.156. The van der Waals surface area contributed by atoms with Crippen LogP contribution in [-0.4, -0.2) is 50.8 Å². The zero-order valence-electron chi connectivity index (χ0n) is 18.9. The van der Waals surface area contributed by atoms with Crippen LogP contribution in [0.2, 0.25) is 0 Å². The standard InChI is InChI=1S/C24H28BrF2N3O3/c1-30-9-8-24(14-4-5-19(32-2)20(10-14)33-3)7-6-16(13-21(24)30)28-23(31)29-22-17(25)11-15(26)12-18(22)27/h4-5,10-12,16,21H,6-9,13H2,1-3H3,(H2,28,29,31)/t16-,21+,24-/m0/s1. The van der Waals surface area contributed by atoms with Crippen molar-refractivity contribution >= 4 is 27.6 Å². The molecule has 0 bridgehead atoms. The maximum atomic E-state index is 14.1. The molecule has 3 atom stereocenters. The average molecular weight is 524 g/mol. The molecule has 1 saturated carbocycles. The number of methoxy groups -OCH3 is 2. The first kappa shape index (κ1) is 23.8. The molecule has 2 aliphatic rings. The number of anilines is 1. The van der Waals surface area contributed by atoms with Gasteiger partial charge in [-0.3, -0.25) is 0 Å². The molecule has 1 heterocycles. The first-order valence-corrected chi connectivity index (χ1v) is 11.7. The predicted molar refractivity (Wildman–Crippen MR) is 126 cm³/mol. The van der Waals surface area contributed by atoms with Crippen LogP contribution in [0.4, 0.5) is 19.3 Å². The molecule has 2 N–H and O–H groups in total. The van der Waals surface area contributed by atoms with E-state index in [4.69, 9.17) is 9.47 Å². The number of likely N-dealkylation sites (N-methyl/N-ethyl adjacent to an activating group) is 1. The highest BCUT2D eigenvalue weighted by Crippen LogP contribution is 2.49. The van der Waals surface area contributed by atoms with Gasteiger partial charge < -0.3 is 25.0 Å². The van der Waals surface area contributed by atoms with Crippen LogP contribution in [0.15, 0.2) is 34.8 Å². The zero-order valence-corrected chi connectivity index (χ0v) is 20.5. The first-order valence-electron chi connectivity index (χ1n) is 10.9. The lowest BCUT2D eigenvalue weighted by Crippen LogP contribution is -2.52. The highest BCUT2D eigenvalue weighted by molar-refractivity contribution is 9.10. The molecule has 0 spiro atoms. The second kappa shape index (κ2) is 9.46. The topological polar surface area (TPSA) is 62.8 Å². The molecule has 2 amide bonds. The minimum Gasteiger partial charge on any atom is -0.493 e. The van der Waals surface area contributed by atoms with Crippen molar-refractivity contribution in [2.45, 2.75) is 43.2 Å². The van der Waals surface area contributed by atoms with E-state index >= 15 is 0 Å². The number of carbonyl (C=O) groups is 1. The number of hydrogen-bond donors (Lipinski definition) is 2. The second-order valence-corrected chi connectivity index (χ2v) is 9.64. The summed E-state index contributed by atoms with van der Waals surface area (Å²) in [5.41, 5.74) is 1.10. The van der Waals surface area contributed by atoms with E-state index in [-0.39, 0.29) is 27.7 Å². The molecule has 1 aliphatic heterocycles. The number of benzene rings is 2. The Bertz CT molecular complexity index is 1030. The van der Waals surface area contributed by atoms with Crippen LogP contribution in [0, 0.1) is 11.6 Å². The average Bonchev–Trinajstić information content (AvgIpc) is 3.13. The summed E-state index contributed by atoms with van der Waals surface area (Å²) in [6.45, 7) is 0.964. The van der Waals surface area contributed by atoms with Gasteiger partial charge in [-0.15, -0.1) is 0 Å². The summed E-state index contributed by atoms with van der Waals surface area (Å²) in [5, 5.41) is 5.49. The first-order chi connectivity index (χ1) is 15.8. The van der Waals surface area contributed by atoms with E-state index < -0.39 is 17.7 Å². The van der Waals surface area contributed by atoms with E-state index in [1.54, 1.807) is 14.2 Å². The van der Waals surface area contributed by atoms with E-state index in [1.807, 2.05) is 6.07 Å². The SMILES string of the molecule is COc1ccc([C@@]23CC[C@H](NC(=O)Nc4c(F)cc(F)cc4Br)C[C@H]2N(C)CC3)cc1OC. The Kier molecular flexibility index (Phi) is 6.81. The summed E-state index contributed by atoms with van der Waals surface area (Å²) >= 11 is 3.10. The van der Waals surface area contributed by atoms with Crippen molar-refractivity contribution in [2.24, 2.45) is 0 Å². The van der Waals surface area contributed by atoms with Crippen LogP contribution in [0.3, 0.4) is 0 Å². The van der Waals surface area contributed by atoms with Crippen molar-refractivity contribution in [3.63, 3.8) is 0 Å². The molecule has 6 nitrogen and oxygen atoms in total. The molecule has 1 saturated heterocycles. The van der Waals surface area contributed by atoms with Crippen LogP contribution < -0.4 is 20.1 Å². The van der Waals surface area contributed by atoms with E-state index in [0.29, 0.717) is 11.5 Å². The fraction of sp³-hybridized carbons (Fsp3) is 0.458. The number of nitrogens with zero attached hydrogens (tertiary/aromatic N) is 1. The normalized spacial score (nSPS) is 24.8. The van der Waals surface area contributed by atoms with E-state index in [0.717, 1.165) is 44.4 Å². The van der Waals surface area contributed by atoms with Crippen molar-refractivity contribution in [1.29, 1.82) is 0 Å². The molecule has 4 rings (SSSR count). The van der Waals surface area contributed by atoms with Crippen molar-refractivity contribution in [3.05, 3.63) is 52.0 Å². The number of ether oxygens (including phenoxy) is 2. The summed E-state index contributed by atoms with van der Waals surface area (Å²) in [4.78, 5) is 14.9. The van der Waals surface area contributed by atoms with Gasteiger partial charge >= 0.3 is 6.03 Å². The van der Waals surface area contributed by atoms with Gasteiger partial charge in [0, 0.05) is 28.0 Å². The van der Waals surface area contributed by atoms with E-state index in [1.165, 1.54) is 5.56 Å². The van der Waals surface area contributed by atoms with E-state index in [9.17, 15) is 13.6 Å². The summed E-state index contributed by atoms with van der Waals surface area (Å²) in [5.74, 6) is -0.131. The minimum atomic E-state index is -0.830. The van der Waals surface area contributed by atoms with Gasteiger partial charge in [0.15, 0.2) is 17.3 Å². The van der Waals surface area contributed by atoms with Gasteiger partial charge in [-0.1, -0.05) is 6.07 Å². The quantitative estimate of drug-likeness (QED) is 0.574. The lowest BCUT2D eigenvalue weighted by Gasteiger charge is -2.45. The van der Waals surface area contributed by atoms with Gasteiger partial charge in [-0.2, -0.15) is 0 Å². The molecular weight excluding hydrogens is 496 g/mol. The van der Waals surface area contributed by atoms with Crippen LogP contribution in [0.1, 0.15) is 31.2 Å². The molecule has 178 valence electrons. The van der Waals surface area contributed by atoms with Gasteiger partial charge in [-0.25, -0.2) is 13.6 Å². The van der Waals surface area contributed by atoms with Gasteiger partial charge in [0.2, 0.25) is 0 Å². The molecule has 0 unspecified atom stereocenters. The third kappa shape index (κ3) is 4.53. The van der Waals surface area contributed by atoms with Gasteiger partial charge in [0.25, 0.3) is 0 Å². The Hall–Kier alpha value is -2.39. The highest BCUT2D eigenvalue weighted by Gasteiger charge is 2.50. The number of urea groups is 1. The number of carbonyl (C=O) groups excluding carboxylic acids is 1. The van der Waals surface area contributed by atoms with Crippen LogP contribution in [-0.2, 0) is 5.41 Å². The summed E-state index contributed by atoms with van der Waals surface area (Å²) in [6.07, 6.45) is 3.48. The molecule has 33 heavy (non-hydrogen) atoms. The zero-order chi connectivity index (χ0) is 23.8. The van der Waals surface area contributed by atoms with Gasteiger partial charge in [-0.05, 0) is 79.0 Å². The molecule has 9 heteroatoms. The smallest absolute Gasteiger partial charge is 0.319 e. The maximum absolute atomic E-state index is 14.1. The van der Waals surface area contributed by atoms with E-state index in [2.05, 4.69) is 50.6 Å². The Labute approximate surface area is 200 Å². The third-order valence-corrected chi connectivity index (χ3v) is 7.69. The highest BCUT2D eigenvalue weighted by atomic mass is 79.9. The molecule has 0 radical (unpaired) electrons. The molecule has 2 aromatic carbocycles. The summed E-state index contributed by atoms with van der Waals surface area (Å²) in [7, 11) is 5.38. The summed E-state index contributed by atoms with van der Waals surface area (Å²) in [6, 6.07) is 7.66. The number of halogens is 3. The van der Waals surface area contributed by atoms with Crippen LogP contribution in [0.25, 0.3) is 0 Å². The maximum Gasteiger partial charge on any atom is 0.319 e. The monoisotopic (exact) mass is 523 g/mol. The Balaban J connectivity index is 1.49. The largest absolute Gasteiger partial charge is 0.493 e. The fourth-order valence-corrected chi connectivity index (χ4v) is 5.90. The van der Waals surface area contributed by atoms with Crippen LogP contribution in [0.5, 0.6) is 11.5 Å². The number of amides is 2. The van der Waals surface area contributed by atoms with Crippen molar-refractivity contribution < 1.29 is 23.0 Å². The molecule has 1 aliphatic carbocycles. The molecular formula is C24H28BrF2N3O3. The molecule has 2 aromatic rings. The summed E-state index contributed by atoms with van der Waals surface area (Å²) < 4.78 is 38.5. The Morgan fingerprint density at radius 3 is 2.61 bits per heavy atom. The van der Waals surface area contributed by atoms with Gasteiger partial charge in [0.1, 0.15) is 5.82 Å². The predicted octanol–water partition coefficient (Wildman–Crippen LogP) is 5.06. The Morgan fingerprint density at radius 1 is 1.15 bits per heavy atom.